The summed E-state index contributed by atoms with van der Waals surface area (Å²) in [4.78, 5) is 0. The van der Waals surface area contributed by atoms with Crippen molar-refractivity contribution < 1.29 is 0 Å². The molecule has 1 aromatic rings. The van der Waals surface area contributed by atoms with Crippen LogP contribution < -0.4 is 0 Å². The zero-order valence-electron chi connectivity index (χ0n) is 27.8. The summed E-state index contributed by atoms with van der Waals surface area (Å²) in [6.45, 7) is 14.5. The minimum atomic E-state index is 0.140. The van der Waals surface area contributed by atoms with Crippen LogP contribution in [0.4, 0.5) is 0 Å². The van der Waals surface area contributed by atoms with E-state index in [1.54, 1.807) is 16.7 Å². The van der Waals surface area contributed by atoms with Gasteiger partial charge in [-0.2, -0.15) is 0 Å². The van der Waals surface area contributed by atoms with Crippen LogP contribution in [0.1, 0.15) is 115 Å². The Kier molecular flexibility index (Phi) is 19.2. The molecule has 1 aliphatic rings. The van der Waals surface area contributed by atoms with Crippen molar-refractivity contribution in [1.29, 1.82) is 0 Å². The second-order valence-electron chi connectivity index (χ2n) is 12.3. The number of rotatable bonds is 21. The Bertz CT molecular complexity index is 1100. The zero-order chi connectivity index (χ0) is 31.1. The second-order valence-corrected chi connectivity index (χ2v) is 12.3. The summed E-state index contributed by atoms with van der Waals surface area (Å²) in [5.74, 6) is 0.955. The Labute approximate surface area is 267 Å². The van der Waals surface area contributed by atoms with Gasteiger partial charge in [-0.25, -0.2) is 0 Å². The maximum absolute atomic E-state index is 6.91. The molecule has 0 amide bonds. The third-order valence-electron chi connectivity index (χ3n) is 8.69. The van der Waals surface area contributed by atoms with E-state index in [0.29, 0.717) is 11.8 Å². The van der Waals surface area contributed by atoms with Gasteiger partial charge < -0.3 is 0 Å². The van der Waals surface area contributed by atoms with Crippen LogP contribution in [0.2, 0.25) is 5.82 Å². The van der Waals surface area contributed by atoms with Crippen LogP contribution in [0, 0.1) is 18.8 Å². The predicted octanol–water partition coefficient (Wildman–Crippen LogP) is 13.0. The number of hydrogen-bond acceptors (Lipinski definition) is 0. The number of hydrogen-bond donors (Lipinski definition) is 0. The lowest BCUT2D eigenvalue weighted by atomic mass is 9.71. The fraction of sp³-hybridized carbons (Fsp3) is 0.476. The molecular formula is C42H59B. The normalized spacial score (nSPS) is 18.9. The zero-order valence-corrected chi connectivity index (χ0v) is 27.8. The fourth-order valence-corrected chi connectivity index (χ4v) is 6.37. The molecule has 2 atom stereocenters. The molecule has 0 fully saturated rings. The first kappa shape index (κ1) is 36.4. The highest BCUT2D eigenvalue weighted by atomic mass is 14.2. The minimum Gasteiger partial charge on any atom is -0.0991 e. The van der Waals surface area contributed by atoms with Gasteiger partial charge in [-0.1, -0.05) is 179 Å². The van der Waals surface area contributed by atoms with Crippen LogP contribution >= 0.6 is 0 Å². The van der Waals surface area contributed by atoms with Crippen LogP contribution in [0.25, 0.3) is 6.08 Å². The van der Waals surface area contributed by atoms with Gasteiger partial charge in [0.25, 0.3) is 0 Å². The largest absolute Gasteiger partial charge is 0.0991 e. The Balaban J connectivity index is 2.10. The average Bonchev–Trinajstić information content (AvgIpc) is 2.99. The predicted molar refractivity (Wildman–Crippen MR) is 196 cm³/mol. The van der Waals surface area contributed by atoms with Gasteiger partial charge >= 0.3 is 0 Å². The van der Waals surface area contributed by atoms with Crippen molar-refractivity contribution >= 4 is 13.9 Å². The van der Waals surface area contributed by atoms with E-state index in [9.17, 15) is 0 Å². The van der Waals surface area contributed by atoms with Gasteiger partial charge in [0, 0.05) is 0 Å². The van der Waals surface area contributed by atoms with E-state index in [1.165, 1.54) is 62.5 Å². The molecule has 0 spiro atoms. The first-order chi connectivity index (χ1) is 21.0. The number of benzene rings is 1. The van der Waals surface area contributed by atoms with Crippen LogP contribution in [-0.4, -0.2) is 7.85 Å². The van der Waals surface area contributed by atoms with Gasteiger partial charge in [-0.05, 0) is 81.3 Å². The average molecular weight is 575 g/mol. The molecule has 2 unspecified atom stereocenters. The lowest BCUT2D eigenvalue weighted by Gasteiger charge is -2.26. The maximum atomic E-state index is 6.91. The topological polar surface area (TPSA) is 0 Å². The van der Waals surface area contributed by atoms with E-state index in [2.05, 4.69) is 101 Å². The molecule has 0 saturated heterocycles. The molecule has 0 aliphatic heterocycles. The molecule has 0 nitrogen and oxygen atoms in total. The van der Waals surface area contributed by atoms with Crippen molar-refractivity contribution in [1.82, 2.24) is 0 Å². The molecular weight excluding hydrogens is 515 g/mol. The molecule has 230 valence electrons. The van der Waals surface area contributed by atoms with Crippen LogP contribution in [0.5, 0.6) is 0 Å². The molecule has 2 rings (SSSR count). The van der Waals surface area contributed by atoms with E-state index >= 15 is 0 Å². The quantitative estimate of drug-likeness (QED) is 0.0593. The van der Waals surface area contributed by atoms with Gasteiger partial charge in [0.1, 0.15) is 0 Å². The van der Waals surface area contributed by atoms with Crippen LogP contribution in [0.15, 0.2) is 115 Å². The molecule has 2 radical (unpaired) electrons. The highest BCUT2D eigenvalue weighted by Gasteiger charge is 2.19. The summed E-state index contributed by atoms with van der Waals surface area (Å²) in [7, 11) is 6.91. The van der Waals surface area contributed by atoms with Crippen molar-refractivity contribution in [2.75, 3.05) is 0 Å². The number of aryl methyl sites for hydroxylation is 1. The highest BCUT2D eigenvalue weighted by Crippen LogP contribution is 2.35. The number of unbranched alkanes of at least 4 members (excludes halogenated alkanes) is 3. The van der Waals surface area contributed by atoms with Gasteiger partial charge in [0.15, 0.2) is 0 Å². The molecule has 0 N–H and O–H groups in total. The highest BCUT2D eigenvalue weighted by molar-refractivity contribution is 6.11. The van der Waals surface area contributed by atoms with E-state index in [4.69, 9.17) is 7.85 Å². The Hall–Kier alpha value is -2.80. The first-order valence-corrected chi connectivity index (χ1v) is 17.1. The first-order valence-electron chi connectivity index (χ1n) is 17.1. The van der Waals surface area contributed by atoms with Crippen LogP contribution in [-0.2, 0) is 0 Å². The molecule has 43 heavy (non-hydrogen) atoms. The molecule has 0 bridgehead atoms. The monoisotopic (exact) mass is 574 g/mol. The van der Waals surface area contributed by atoms with Crippen molar-refractivity contribution in [3.63, 3.8) is 0 Å². The SMILES string of the molecule is [B]C(CC(/C=C\C=C)/C=C\C=C)CC(CCCCCC/C1=C(\CCC)C/C=C\C=C/C1)/C(=C\c1ccccc1C)CCC. The lowest BCUT2D eigenvalue weighted by Crippen LogP contribution is -2.11. The molecule has 1 heteroatoms. The number of allylic oxidation sites excluding steroid dienone is 13. The maximum Gasteiger partial charge on any atom is 0.0700 e. The molecule has 1 aromatic carbocycles. The van der Waals surface area contributed by atoms with Crippen molar-refractivity contribution in [2.45, 2.75) is 116 Å². The summed E-state index contributed by atoms with van der Waals surface area (Å²) in [5, 5.41) is 0. The standard InChI is InChI=1S/C42H59B/c1-6-10-25-36(26-11-7-2)32-42(43)34-41(40(23-9-4)33-39-30-21-20-24-35(39)5)31-19-15-14-18-29-38-28-17-13-12-16-27-37(38)22-8-3/h6-7,10-13,16-17,20-21,24-26,30,33,36,41-42H,1-2,8-9,14-15,18-19,22-23,27-29,31-32,34H2,3-5H3/b16-12-,17-13-,25-10-,26-11-,38-37+,40-33-. The van der Waals surface area contributed by atoms with Crippen LogP contribution in [0.3, 0.4) is 0 Å². The summed E-state index contributed by atoms with van der Waals surface area (Å²) in [5.41, 5.74) is 7.66. The molecule has 0 saturated carbocycles. The summed E-state index contributed by atoms with van der Waals surface area (Å²) >= 11 is 0. The van der Waals surface area contributed by atoms with Crippen molar-refractivity contribution in [3.8, 4) is 0 Å². The van der Waals surface area contributed by atoms with Gasteiger partial charge in [-0.3, -0.25) is 0 Å². The summed E-state index contributed by atoms with van der Waals surface area (Å²) in [6.07, 6.45) is 40.5. The Morgan fingerprint density at radius 2 is 1.49 bits per heavy atom. The lowest BCUT2D eigenvalue weighted by molar-refractivity contribution is 0.441. The van der Waals surface area contributed by atoms with E-state index < -0.39 is 0 Å². The van der Waals surface area contributed by atoms with E-state index in [1.807, 2.05) is 24.3 Å². The smallest absolute Gasteiger partial charge is 0.0700 e. The Morgan fingerprint density at radius 3 is 2.12 bits per heavy atom. The second kappa shape index (κ2) is 22.7. The third-order valence-corrected chi connectivity index (χ3v) is 8.69. The summed E-state index contributed by atoms with van der Waals surface area (Å²) < 4.78 is 0. The van der Waals surface area contributed by atoms with Gasteiger partial charge in [0.2, 0.25) is 0 Å². The van der Waals surface area contributed by atoms with E-state index in [-0.39, 0.29) is 5.82 Å². The van der Waals surface area contributed by atoms with Crippen molar-refractivity contribution in [3.05, 3.63) is 126 Å². The molecule has 0 heterocycles. The minimum absolute atomic E-state index is 0.140. The third kappa shape index (κ3) is 15.0. The summed E-state index contributed by atoms with van der Waals surface area (Å²) in [6, 6.07) is 8.79. The fourth-order valence-electron chi connectivity index (χ4n) is 6.37. The van der Waals surface area contributed by atoms with E-state index in [0.717, 1.165) is 38.5 Å². The molecule has 1 aliphatic carbocycles. The van der Waals surface area contributed by atoms with Gasteiger partial charge in [-0.15, -0.1) is 0 Å². The Morgan fingerprint density at radius 1 is 0.837 bits per heavy atom. The van der Waals surface area contributed by atoms with Crippen molar-refractivity contribution in [2.24, 2.45) is 11.8 Å². The molecule has 0 aromatic heterocycles. The van der Waals surface area contributed by atoms with Gasteiger partial charge in [0.05, 0.1) is 7.85 Å².